The van der Waals surface area contributed by atoms with Gasteiger partial charge in [-0.15, -0.1) is 0 Å². The molecule has 1 heterocycles. The maximum atomic E-state index is 12.8. The summed E-state index contributed by atoms with van der Waals surface area (Å²) < 4.78 is 28.8. The summed E-state index contributed by atoms with van der Waals surface area (Å²) in [6.07, 6.45) is 3.26. The van der Waals surface area contributed by atoms with Crippen LogP contribution in [0, 0.1) is 5.92 Å². The number of nitrogens with zero attached hydrogens (tertiary/aromatic N) is 1. The molecule has 0 aromatic heterocycles. The zero-order valence-corrected chi connectivity index (χ0v) is 15.6. The van der Waals surface area contributed by atoms with E-state index in [0.717, 1.165) is 18.2 Å². The van der Waals surface area contributed by atoms with Gasteiger partial charge in [-0.2, -0.15) is 0 Å². The van der Waals surface area contributed by atoms with Crippen LogP contribution in [0.2, 0.25) is 0 Å². The molecule has 0 radical (unpaired) electrons. The summed E-state index contributed by atoms with van der Waals surface area (Å²) >= 11 is 0. The molecule has 3 rings (SSSR count). The predicted molar refractivity (Wildman–Crippen MR) is 95.0 cm³/mol. The molecule has 2 N–H and O–H groups in total. The molecule has 2 fully saturated rings. The van der Waals surface area contributed by atoms with Crippen molar-refractivity contribution in [3.63, 3.8) is 0 Å². The van der Waals surface area contributed by atoms with E-state index < -0.39 is 9.84 Å². The molecule has 1 aliphatic heterocycles. The maximum absolute atomic E-state index is 12.8. The lowest BCUT2D eigenvalue weighted by Crippen LogP contribution is -2.57. The van der Waals surface area contributed by atoms with E-state index in [0.29, 0.717) is 26.0 Å². The van der Waals surface area contributed by atoms with Gasteiger partial charge in [0.1, 0.15) is 0 Å². The maximum Gasteiger partial charge on any atom is 0.227 e. The first-order chi connectivity index (χ1) is 12.3. The number of ether oxygens (including phenoxy) is 1. The monoisotopic (exact) mass is 380 g/mol. The van der Waals surface area contributed by atoms with Crippen LogP contribution in [0.5, 0.6) is 0 Å². The van der Waals surface area contributed by atoms with Gasteiger partial charge < -0.3 is 15.4 Å². The fourth-order valence-electron chi connectivity index (χ4n) is 3.81. The molecule has 2 amide bonds. The molecule has 0 unspecified atom stereocenters. The van der Waals surface area contributed by atoms with Crippen molar-refractivity contribution in [2.45, 2.75) is 42.7 Å². The molecule has 8 heteroatoms. The minimum atomic E-state index is -3.25. The molecule has 1 saturated carbocycles. The van der Waals surface area contributed by atoms with Gasteiger partial charge in [0.2, 0.25) is 11.8 Å². The van der Waals surface area contributed by atoms with Gasteiger partial charge in [0.15, 0.2) is 9.84 Å². The number of primary amides is 1. The Morgan fingerprint density at radius 3 is 2.54 bits per heavy atom. The van der Waals surface area contributed by atoms with Crippen molar-refractivity contribution in [3.05, 3.63) is 29.8 Å². The van der Waals surface area contributed by atoms with Gasteiger partial charge >= 0.3 is 0 Å². The molecule has 1 saturated heterocycles. The summed E-state index contributed by atoms with van der Waals surface area (Å²) in [6.45, 7) is 0.980. The number of carbonyl (C=O) groups excluding carboxylic acids is 2. The van der Waals surface area contributed by atoms with Gasteiger partial charge in [-0.05, 0) is 37.0 Å². The summed E-state index contributed by atoms with van der Waals surface area (Å²) in [5.74, 6) is -0.583. The molecule has 142 valence electrons. The minimum absolute atomic E-state index is 0.0412. The topological polar surface area (TPSA) is 107 Å². The van der Waals surface area contributed by atoms with E-state index in [1.807, 2.05) is 0 Å². The van der Waals surface area contributed by atoms with Crippen LogP contribution in [0.1, 0.15) is 24.8 Å². The summed E-state index contributed by atoms with van der Waals surface area (Å²) in [5, 5.41) is 0. The molecule has 1 aliphatic carbocycles. The third-order valence-electron chi connectivity index (χ3n) is 5.25. The average Bonchev–Trinajstić information content (AvgIpc) is 2.60. The minimum Gasteiger partial charge on any atom is -0.374 e. The number of fused-ring (bicyclic) bond motifs is 1. The molecule has 1 aromatic carbocycles. The Balaban J connectivity index is 1.71. The Morgan fingerprint density at radius 2 is 1.92 bits per heavy atom. The van der Waals surface area contributed by atoms with Crippen molar-refractivity contribution >= 4 is 21.7 Å². The lowest BCUT2D eigenvalue weighted by molar-refractivity contribution is -0.153. The molecule has 7 nitrogen and oxygen atoms in total. The number of rotatable bonds is 4. The van der Waals surface area contributed by atoms with Crippen LogP contribution < -0.4 is 5.73 Å². The number of carbonyl (C=O) groups is 2. The number of hydrogen-bond acceptors (Lipinski definition) is 5. The van der Waals surface area contributed by atoms with E-state index in [4.69, 9.17) is 10.5 Å². The molecule has 2 aliphatic rings. The summed E-state index contributed by atoms with van der Waals surface area (Å²) in [6, 6.07) is 6.24. The van der Waals surface area contributed by atoms with E-state index in [1.165, 1.54) is 12.1 Å². The molecule has 0 bridgehead atoms. The predicted octanol–water partition coefficient (Wildman–Crippen LogP) is 0.514. The van der Waals surface area contributed by atoms with E-state index in [1.54, 1.807) is 17.0 Å². The van der Waals surface area contributed by atoms with Gasteiger partial charge in [-0.25, -0.2) is 8.42 Å². The normalized spacial score (nSPS) is 26.2. The van der Waals surface area contributed by atoms with Gasteiger partial charge in [-0.3, -0.25) is 9.59 Å². The van der Waals surface area contributed by atoms with Crippen molar-refractivity contribution in [1.29, 1.82) is 0 Å². The number of nitrogens with two attached hydrogens (primary N) is 1. The van der Waals surface area contributed by atoms with E-state index >= 15 is 0 Å². The van der Waals surface area contributed by atoms with Gasteiger partial charge in [-0.1, -0.05) is 12.1 Å². The third-order valence-corrected chi connectivity index (χ3v) is 6.38. The molecular weight excluding hydrogens is 356 g/mol. The van der Waals surface area contributed by atoms with E-state index in [9.17, 15) is 18.0 Å². The van der Waals surface area contributed by atoms with Crippen LogP contribution in [-0.2, 0) is 30.6 Å². The van der Waals surface area contributed by atoms with Crippen molar-refractivity contribution in [3.8, 4) is 0 Å². The van der Waals surface area contributed by atoms with Crippen LogP contribution in [-0.4, -0.2) is 56.7 Å². The second-order valence-corrected chi connectivity index (χ2v) is 9.08. The quantitative estimate of drug-likeness (QED) is 0.819. The first-order valence-corrected chi connectivity index (χ1v) is 10.6. The van der Waals surface area contributed by atoms with Crippen molar-refractivity contribution < 1.29 is 22.7 Å². The highest BCUT2D eigenvalue weighted by Gasteiger charge is 2.41. The van der Waals surface area contributed by atoms with Crippen molar-refractivity contribution in [1.82, 2.24) is 4.90 Å². The Bertz CT molecular complexity index is 790. The lowest BCUT2D eigenvalue weighted by atomic mass is 9.81. The smallest absolute Gasteiger partial charge is 0.227 e. The largest absolute Gasteiger partial charge is 0.374 e. The Hall–Kier alpha value is -1.93. The van der Waals surface area contributed by atoms with Crippen molar-refractivity contribution in [2.75, 3.05) is 19.4 Å². The number of sulfone groups is 1. The lowest BCUT2D eigenvalue weighted by Gasteiger charge is -2.45. The van der Waals surface area contributed by atoms with Crippen LogP contribution in [0.4, 0.5) is 0 Å². The number of amides is 2. The molecule has 26 heavy (non-hydrogen) atoms. The molecule has 1 aromatic rings. The highest BCUT2D eigenvalue weighted by Crippen LogP contribution is 2.32. The van der Waals surface area contributed by atoms with E-state index in [2.05, 4.69) is 0 Å². The summed E-state index contributed by atoms with van der Waals surface area (Å²) in [4.78, 5) is 26.4. The molecule has 3 atom stereocenters. The van der Waals surface area contributed by atoms with Crippen LogP contribution in [0.3, 0.4) is 0 Å². The zero-order chi connectivity index (χ0) is 18.9. The van der Waals surface area contributed by atoms with E-state index in [-0.39, 0.29) is 41.2 Å². The highest BCUT2D eigenvalue weighted by molar-refractivity contribution is 7.90. The zero-order valence-electron chi connectivity index (χ0n) is 14.8. The van der Waals surface area contributed by atoms with Crippen LogP contribution >= 0.6 is 0 Å². The van der Waals surface area contributed by atoms with Crippen LogP contribution in [0.15, 0.2) is 29.2 Å². The first kappa shape index (κ1) is 18.8. The third kappa shape index (κ3) is 4.07. The SMILES string of the molecule is CS(=O)(=O)c1ccc(CC(=O)N2CCO[C@@H]3CC[C@H](C(N)=O)C[C@H]32)cc1. The average molecular weight is 380 g/mol. The second-order valence-electron chi connectivity index (χ2n) is 7.07. The number of morpholine rings is 1. The fraction of sp³-hybridized carbons (Fsp3) is 0.556. The summed E-state index contributed by atoms with van der Waals surface area (Å²) in [5.41, 5.74) is 6.21. The number of benzene rings is 1. The standard InChI is InChI=1S/C18H24N2O5S/c1-26(23,24)14-5-2-12(3-6-14)10-17(21)20-8-9-25-16-7-4-13(18(19)22)11-15(16)20/h2-3,5-6,13,15-16H,4,7-11H2,1H3,(H2,19,22)/t13-,15+,16+/m0/s1. The van der Waals surface area contributed by atoms with Gasteiger partial charge in [0, 0.05) is 18.7 Å². The Morgan fingerprint density at radius 1 is 1.23 bits per heavy atom. The fourth-order valence-corrected chi connectivity index (χ4v) is 4.44. The second kappa shape index (κ2) is 7.36. The van der Waals surface area contributed by atoms with Crippen molar-refractivity contribution in [2.24, 2.45) is 11.7 Å². The molecular formula is C18H24N2O5S. The van der Waals surface area contributed by atoms with Gasteiger partial charge in [0.25, 0.3) is 0 Å². The molecule has 0 spiro atoms. The van der Waals surface area contributed by atoms with Crippen LogP contribution in [0.25, 0.3) is 0 Å². The number of hydrogen-bond donors (Lipinski definition) is 1. The highest BCUT2D eigenvalue weighted by atomic mass is 32.2. The Kier molecular flexibility index (Phi) is 5.34. The summed E-state index contributed by atoms with van der Waals surface area (Å²) in [7, 11) is -3.25. The first-order valence-electron chi connectivity index (χ1n) is 8.75. The van der Waals surface area contributed by atoms with Gasteiger partial charge in [0.05, 0.1) is 30.1 Å². The Labute approximate surface area is 153 Å².